The van der Waals surface area contributed by atoms with Crippen LogP contribution in [-0.2, 0) is 23.9 Å². The Morgan fingerprint density at radius 3 is 2.57 bits per heavy atom. The number of amidine groups is 1. The fourth-order valence-corrected chi connectivity index (χ4v) is 10.3. The van der Waals surface area contributed by atoms with Crippen molar-refractivity contribution in [2.24, 2.45) is 5.92 Å². The lowest BCUT2D eigenvalue weighted by Crippen LogP contribution is -2.61. The standard InChI is InChI=1S/C44H58F2N10O5/c1-49-22-27(21-47)31-19-26-5-3-15-55(36(26)20-32(31)40(45)46)41(48)33-23-50-13-10-34(33)51-28-11-16-54(17-12-28)29-24-53(25-29)14-4-18-61-37-7-2-6-30-39(37)44(60)56(43(30)59)35-8-9-38(57)52-42(35)58/h7,19-22,26,28-29,35-36,40,47-51H,2-6,8-18,23-25H2,1H3,(H,52,57,58)/b27-22+,47-21?,48-41?. The zero-order chi connectivity index (χ0) is 42.8. The number of halogens is 2. The summed E-state index contributed by atoms with van der Waals surface area (Å²) in [5.41, 5.74) is 3.38. The Morgan fingerprint density at radius 1 is 1.03 bits per heavy atom. The molecule has 0 aromatic carbocycles. The van der Waals surface area contributed by atoms with Crippen LogP contribution in [0.4, 0.5) is 8.78 Å². The van der Waals surface area contributed by atoms with Crippen molar-refractivity contribution in [3.63, 3.8) is 0 Å². The lowest BCUT2D eigenvalue weighted by atomic mass is 9.78. The smallest absolute Gasteiger partial charge is 0.265 e. The number of nitrogens with zero attached hydrogens (tertiary/aromatic N) is 4. The average Bonchev–Trinajstić information content (AvgIpc) is 3.50. The topological polar surface area (TPSA) is 186 Å². The van der Waals surface area contributed by atoms with E-state index in [-0.39, 0.29) is 35.9 Å². The van der Waals surface area contributed by atoms with Gasteiger partial charge in [0.2, 0.25) is 11.8 Å². The molecule has 3 unspecified atom stereocenters. The first-order valence-corrected chi connectivity index (χ1v) is 22.0. The van der Waals surface area contributed by atoms with Crippen LogP contribution in [0.1, 0.15) is 64.2 Å². The van der Waals surface area contributed by atoms with E-state index in [9.17, 15) is 33.4 Å². The van der Waals surface area contributed by atoms with E-state index in [0.717, 1.165) is 100 Å². The number of carbonyl (C=O) groups excluding carboxylic acids is 4. The second kappa shape index (κ2) is 18.5. The van der Waals surface area contributed by atoms with Crippen LogP contribution >= 0.6 is 0 Å². The number of hydrogen-bond acceptors (Lipinski definition) is 12. The molecule has 4 saturated heterocycles. The van der Waals surface area contributed by atoms with Crippen molar-refractivity contribution in [1.29, 1.82) is 10.8 Å². The summed E-state index contributed by atoms with van der Waals surface area (Å²) >= 11 is 0. The van der Waals surface area contributed by atoms with Gasteiger partial charge in [0, 0.05) is 131 Å². The molecule has 3 atom stereocenters. The predicted octanol–water partition coefficient (Wildman–Crippen LogP) is 2.47. The molecule has 6 heterocycles. The summed E-state index contributed by atoms with van der Waals surface area (Å²) in [6, 6.07) is -0.545. The van der Waals surface area contributed by atoms with E-state index in [4.69, 9.17) is 10.1 Å². The number of hydrogen-bond donors (Lipinski definition) is 6. The van der Waals surface area contributed by atoms with Gasteiger partial charge in [-0.05, 0) is 63.0 Å². The average molecular weight is 845 g/mol. The third kappa shape index (κ3) is 8.73. The molecule has 15 nitrogen and oxygen atoms in total. The second-order valence-electron chi connectivity index (χ2n) is 17.2. The van der Waals surface area contributed by atoms with Gasteiger partial charge in [-0.25, -0.2) is 8.78 Å². The molecule has 0 aromatic rings. The normalized spacial score (nSPS) is 27.3. The van der Waals surface area contributed by atoms with E-state index in [0.29, 0.717) is 72.9 Å². The van der Waals surface area contributed by atoms with Crippen molar-refractivity contribution >= 4 is 35.7 Å². The molecule has 6 aliphatic heterocycles. The Kier molecular flexibility index (Phi) is 13.0. The highest BCUT2D eigenvalue weighted by atomic mass is 19.3. The van der Waals surface area contributed by atoms with Crippen LogP contribution in [0, 0.1) is 16.7 Å². The molecule has 0 radical (unpaired) electrons. The first-order valence-electron chi connectivity index (χ1n) is 22.0. The fraction of sp³-hybridized carbons (Fsp3) is 0.591. The van der Waals surface area contributed by atoms with Gasteiger partial charge in [-0.15, -0.1) is 0 Å². The largest absolute Gasteiger partial charge is 0.493 e. The summed E-state index contributed by atoms with van der Waals surface area (Å²) in [5, 5.41) is 29.7. The van der Waals surface area contributed by atoms with Gasteiger partial charge < -0.3 is 31.0 Å². The summed E-state index contributed by atoms with van der Waals surface area (Å²) in [6.07, 6.45) is 11.8. The molecule has 8 rings (SSSR count). The fourth-order valence-electron chi connectivity index (χ4n) is 10.3. The highest BCUT2D eigenvalue weighted by Crippen LogP contribution is 2.39. The minimum atomic E-state index is -2.69. The first kappa shape index (κ1) is 42.7. The van der Waals surface area contributed by atoms with Gasteiger partial charge in [0.05, 0.1) is 18.2 Å². The zero-order valence-electron chi connectivity index (χ0n) is 34.9. The molecule has 0 aromatic heterocycles. The van der Waals surface area contributed by atoms with E-state index in [2.05, 4.69) is 31.1 Å². The number of allylic oxidation sites excluding steroid dienone is 4. The number of ether oxygens (including phenoxy) is 1. The monoisotopic (exact) mass is 844 g/mol. The number of fused-ring (bicyclic) bond motifs is 1. The van der Waals surface area contributed by atoms with E-state index >= 15 is 0 Å². The summed E-state index contributed by atoms with van der Waals surface area (Å²) in [6.45, 7) is 7.19. The van der Waals surface area contributed by atoms with Gasteiger partial charge in [0.15, 0.2) is 0 Å². The van der Waals surface area contributed by atoms with Crippen molar-refractivity contribution in [2.75, 3.05) is 66.0 Å². The molecule has 4 amide bonds. The third-order valence-corrected chi connectivity index (χ3v) is 13.5. The van der Waals surface area contributed by atoms with Crippen LogP contribution in [0.2, 0.25) is 0 Å². The van der Waals surface area contributed by atoms with Crippen LogP contribution in [0.25, 0.3) is 0 Å². The number of nitrogens with one attached hydrogen (secondary N) is 6. The summed E-state index contributed by atoms with van der Waals surface area (Å²) in [7, 11) is 1.69. The Bertz CT molecular complexity index is 2010. The van der Waals surface area contributed by atoms with Crippen molar-refractivity contribution in [3.05, 3.63) is 69.3 Å². The molecule has 4 fully saturated rings. The van der Waals surface area contributed by atoms with Gasteiger partial charge in [-0.2, -0.15) is 0 Å². The maximum Gasteiger partial charge on any atom is 0.265 e. The lowest BCUT2D eigenvalue weighted by molar-refractivity contribution is -0.150. The number of amides is 4. The van der Waals surface area contributed by atoms with Crippen molar-refractivity contribution in [3.8, 4) is 0 Å². The maximum absolute atomic E-state index is 14.5. The van der Waals surface area contributed by atoms with Crippen LogP contribution < -0.4 is 21.3 Å². The van der Waals surface area contributed by atoms with E-state index in [1.165, 1.54) is 0 Å². The Balaban J connectivity index is 0.791. The summed E-state index contributed by atoms with van der Waals surface area (Å²) in [5.74, 6) is -1.23. The number of carbonyl (C=O) groups is 4. The first-order chi connectivity index (χ1) is 29.6. The highest BCUT2D eigenvalue weighted by molar-refractivity contribution is 6.23. The maximum atomic E-state index is 14.5. The van der Waals surface area contributed by atoms with Crippen LogP contribution in [0.3, 0.4) is 0 Å². The minimum absolute atomic E-state index is 0.0282. The molecule has 61 heavy (non-hydrogen) atoms. The number of imide groups is 2. The highest BCUT2D eigenvalue weighted by Gasteiger charge is 2.48. The van der Waals surface area contributed by atoms with E-state index in [1.54, 1.807) is 19.3 Å². The van der Waals surface area contributed by atoms with E-state index < -0.39 is 36.1 Å². The van der Waals surface area contributed by atoms with Gasteiger partial charge in [0.1, 0.15) is 17.6 Å². The molecular formula is C44H58F2N10O5. The second-order valence-corrected chi connectivity index (χ2v) is 17.2. The number of rotatable bonds is 14. The zero-order valence-corrected chi connectivity index (χ0v) is 34.9. The number of alkyl halides is 2. The molecule has 0 bridgehead atoms. The van der Waals surface area contributed by atoms with Crippen LogP contribution in [0.15, 0.2) is 69.3 Å². The number of likely N-dealkylation sites (tertiary alicyclic amines) is 3. The molecule has 6 N–H and O–H groups in total. The minimum Gasteiger partial charge on any atom is -0.493 e. The molecule has 17 heteroatoms. The Morgan fingerprint density at radius 2 is 1.84 bits per heavy atom. The van der Waals surface area contributed by atoms with Crippen molar-refractivity contribution in [2.45, 2.75) is 94.8 Å². The molecule has 328 valence electrons. The number of piperidine rings is 3. The quantitative estimate of drug-likeness (QED) is 0.0654. The molecule has 2 aliphatic carbocycles. The molecular weight excluding hydrogens is 787 g/mol. The molecule has 8 aliphatic rings. The molecule has 0 saturated carbocycles. The Labute approximate surface area is 355 Å². The third-order valence-electron chi connectivity index (χ3n) is 13.5. The van der Waals surface area contributed by atoms with Crippen molar-refractivity contribution in [1.82, 2.24) is 40.9 Å². The van der Waals surface area contributed by atoms with Gasteiger partial charge in [-0.1, -0.05) is 12.2 Å². The predicted molar refractivity (Wildman–Crippen MR) is 224 cm³/mol. The summed E-state index contributed by atoms with van der Waals surface area (Å²) < 4.78 is 35.0. The lowest BCUT2D eigenvalue weighted by Gasteiger charge is -2.48. The van der Waals surface area contributed by atoms with Crippen LogP contribution in [0.5, 0.6) is 0 Å². The van der Waals surface area contributed by atoms with Gasteiger partial charge in [0.25, 0.3) is 18.2 Å². The Hall–Kier alpha value is -5.00. The SMILES string of the molecule is CN/C=C(\C=N)C1=CC2CCCN(C(=N)C3=C(NC4CCN(C5CN(CCCOC6=CCCC7=C6C(=O)N(C6CCC(=O)NC6=O)C7=O)C5)CC4)CCNC3)C2C=C1C(F)F. The van der Waals surface area contributed by atoms with E-state index in [1.807, 2.05) is 17.1 Å². The molecule has 0 spiro atoms. The van der Waals surface area contributed by atoms with Crippen LogP contribution in [-0.4, -0.2) is 152 Å². The van der Waals surface area contributed by atoms with Gasteiger partial charge >= 0.3 is 0 Å². The van der Waals surface area contributed by atoms with Crippen molar-refractivity contribution < 1.29 is 32.7 Å². The summed E-state index contributed by atoms with van der Waals surface area (Å²) in [4.78, 5) is 58.7. The van der Waals surface area contributed by atoms with Gasteiger partial charge in [-0.3, -0.25) is 44.6 Å².